The second-order valence-electron chi connectivity index (χ2n) is 5.49. The predicted octanol–water partition coefficient (Wildman–Crippen LogP) is 2.65. The van der Waals surface area contributed by atoms with E-state index in [9.17, 15) is 20.0 Å². The maximum absolute atomic E-state index is 11.8. The molecule has 0 aliphatic heterocycles. The summed E-state index contributed by atoms with van der Waals surface area (Å²) < 4.78 is 0. The van der Waals surface area contributed by atoms with Gasteiger partial charge in [0.2, 0.25) is 11.1 Å². The van der Waals surface area contributed by atoms with Crippen molar-refractivity contribution in [1.82, 2.24) is 9.97 Å². The van der Waals surface area contributed by atoms with Crippen LogP contribution in [0.1, 0.15) is 39.5 Å². The first-order valence-electron chi connectivity index (χ1n) is 7.01. The second kappa shape index (κ2) is 6.04. The maximum Gasteiger partial charge on any atom is 0.329 e. The summed E-state index contributed by atoms with van der Waals surface area (Å²) in [7, 11) is 0. The summed E-state index contributed by atoms with van der Waals surface area (Å²) in [6.07, 6.45) is 3.78. The van der Waals surface area contributed by atoms with Gasteiger partial charge in [-0.1, -0.05) is 6.92 Å². The van der Waals surface area contributed by atoms with Crippen LogP contribution in [0.15, 0.2) is 6.20 Å². The summed E-state index contributed by atoms with van der Waals surface area (Å²) in [6.45, 7) is 3.28. The number of rotatable bonds is 6. The number of carboxylic acid groups (broad SMARTS) is 1. The fraction of sp³-hybridized carbons (Fsp3) is 0.615. The lowest BCUT2D eigenvalue weighted by molar-refractivity contribution is -0.384. The number of carboxylic acids is 1. The Morgan fingerprint density at radius 1 is 1.64 bits per heavy atom. The van der Waals surface area contributed by atoms with Crippen molar-refractivity contribution < 1.29 is 14.8 Å². The zero-order valence-electron chi connectivity index (χ0n) is 12.3. The lowest BCUT2D eigenvalue weighted by Gasteiger charge is -2.46. The maximum atomic E-state index is 11.8. The van der Waals surface area contributed by atoms with Crippen LogP contribution >= 0.6 is 11.6 Å². The molecule has 1 aromatic heterocycles. The second-order valence-corrected chi connectivity index (χ2v) is 5.83. The highest BCUT2D eigenvalue weighted by molar-refractivity contribution is 6.28. The number of hydrogen-bond donors (Lipinski definition) is 1. The standard InChI is InChI=1S/C13H17ClN4O4/c1-3-13(2,11(19)20)17(8-5-4-6-8)10-9(18(21)22)7-15-12(14)16-10/h7-8H,3-6H2,1-2H3,(H,19,20). The molecular weight excluding hydrogens is 312 g/mol. The zero-order valence-corrected chi connectivity index (χ0v) is 13.1. The first kappa shape index (κ1) is 16.4. The van der Waals surface area contributed by atoms with E-state index in [-0.39, 0.29) is 29.3 Å². The molecule has 0 saturated heterocycles. The van der Waals surface area contributed by atoms with Gasteiger partial charge >= 0.3 is 11.7 Å². The normalized spacial score (nSPS) is 17.4. The Kier molecular flexibility index (Phi) is 4.50. The predicted molar refractivity (Wildman–Crippen MR) is 80.1 cm³/mol. The minimum Gasteiger partial charge on any atom is -0.480 e. The van der Waals surface area contributed by atoms with Crippen LogP contribution in [-0.4, -0.2) is 37.5 Å². The van der Waals surface area contributed by atoms with E-state index in [1.54, 1.807) is 13.8 Å². The van der Waals surface area contributed by atoms with E-state index in [0.717, 1.165) is 25.5 Å². The van der Waals surface area contributed by atoms with Gasteiger partial charge in [-0.15, -0.1) is 0 Å². The number of hydrogen-bond acceptors (Lipinski definition) is 6. The minimum absolute atomic E-state index is 0.0264. The molecule has 22 heavy (non-hydrogen) atoms. The number of nitro groups is 1. The van der Waals surface area contributed by atoms with E-state index in [0.29, 0.717) is 0 Å². The van der Waals surface area contributed by atoms with Crippen LogP contribution in [0.4, 0.5) is 11.5 Å². The van der Waals surface area contributed by atoms with E-state index in [4.69, 9.17) is 11.6 Å². The molecule has 1 aliphatic carbocycles. The zero-order chi connectivity index (χ0) is 16.5. The van der Waals surface area contributed by atoms with Crippen molar-refractivity contribution >= 4 is 29.1 Å². The lowest BCUT2D eigenvalue weighted by atomic mass is 9.85. The Morgan fingerprint density at radius 2 is 2.27 bits per heavy atom. The van der Waals surface area contributed by atoms with Crippen LogP contribution in [0.5, 0.6) is 0 Å². The molecule has 1 N–H and O–H groups in total. The molecule has 2 rings (SSSR count). The Morgan fingerprint density at radius 3 is 2.68 bits per heavy atom. The third-order valence-electron chi connectivity index (χ3n) is 4.27. The van der Waals surface area contributed by atoms with Crippen molar-refractivity contribution in [3.8, 4) is 0 Å². The highest BCUT2D eigenvalue weighted by atomic mass is 35.5. The van der Waals surface area contributed by atoms with Gasteiger partial charge in [-0.25, -0.2) is 9.78 Å². The highest BCUT2D eigenvalue weighted by Crippen LogP contribution is 2.40. The summed E-state index contributed by atoms with van der Waals surface area (Å²) in [5.41, 5.74) is -1.63. The smallest absolute Gasteiger partial charge is 0.329 e. The quantitative estimate of drug-likeness (QED) is 0.485. The average molecular weight is 329 g/mol. The van der Waals surface area contributed by atoms with Crippen molar-refractivity contribution in [3.63, 3.8) is 0 Å². The molecule has 0 aromatic carbocycles. The fourth-order valence-electron chi connectivity index (χ4n) is 2.53. The molecule has 1 saturated carbocycles. The molecule has 0 amide bonds. The SMILES string of the molecule is CCC(C)(C(=O)O)N(c1nc(Cl)ncc1[N+](=O)[O-])C1CCC1. The van der Waals surface area contributed by atoms with Crippen LogP contribution in [0.2, 0.25) is 5.28 Å². The topological polar surface area (TPSA) is 109 Å². The summed E-state index contributed by atoms with van der Waals surface area (Å²) in [6, 6.07) is -0.106. The first-order valence-corrected chi connectivity index (χ1v) is 7.38. The third kappa shape index (κ3) is 2.70. The number of carbonyl (C=O) groups is 1. The van der Waals surface area contributed by atoms with Crippen LogP contribution in [0.3, 0.4) is 0 Å². The van der Waals surface area contributed by atoms with Gasteiger partial charge < -0.3 is 10.0 Å². The molecule has 1 fully saturated rings. The van der Waals surface area contributed by atoms with Gasteiger partial charge in [0.05, 0.1) is 4.92 Å². The van der Waals surface area contributed by atoms with E-state index < -0.39 is 16.4 Å². The van der Waals surface area contributed by atoms with E-state index >= 15 is 0 Å². The summed E-state index contributed by atoms with van der Waals surface area (Å²) in [5, 5.41) is 20.8. The van der Waals surface area contributed by atoms with E-state index in [1.165, 1.54) is 4.90 Å². The van der Waals surface area contributed by atoms with E-state index in [1.807, 2.05) is 0 Å². The Bertz CT molecular complexity index is 608. The molecule has 1 heterocycles. The molecule has 1 unspecified atom stereocenters. The molecule has 1 aromatic rings. The number of halogens is 1. The molecule has 0 bridgehead atoms. The molecular formula is C13H17ClN4O4. The van der Waals surface area contributed by atoms with Gasteiger partial charge in [-0.05, 0) is 44.2 Å². The van der Waals surface area contributed by atoms with Crippen LogP contribution < -0.4 is 4.90 Å². The van der Waals surface area contributed by atoms with Crippen molar-refractivity contribution in [1.29, 1.82) is 0 Å². The summed E-state index contributed by atoms with van der Waals surface area (Å²) >= 11 is 5.79. The Labute approximate surface area is 132 Å². The molecule has 1 atom stereocenters. The molecule has 120 valence electrons. The highest BCUT2D eigenvalue weighted by Gasteiger charge is 2.46. The van der Waals surface area contributed by atoms with Gasteiger partial charge in [-0.3, -0.25) is 10.1 Å². The third-order valence-corrected chi connectivity index (χ3v) is 4.45. The largest absolute Gasteiger partial charge is 0.480 e. The lowest BCUT2D eigenvalue weighted by Crippen LogP contribution is -2.59. The van der Waals surface area contributed by atoms with Crippen molar-refractivity contribution in [2.45, 2.75) is 51.1 Å². The van der Waals surface area contributed by atoms with Gasteiger partial charge in [-0.2, -0.15) is 4.98 Å². The van der Waals surface area contributed by atoms with Crippen molar-refractivity contribution in [3.05, 3.63) is 21.6 Å². The van der Waals surface area contributed by atoms with E-state index in [2.05, 4.69) is 9.97 Å². The van der Waals surface area contributed by atoms with Gasteiger partial charge in [0.15, 0.2) is 0 Å². The van der Waals surface area contributed by atoms with Crippen molar-refractivity contribution in [2.24, 2.45) is 0 Å². The van der Waals surface area contributed by atoms with Gasteiger partial charge in [0.25, 0.3) is 0 Å². The van der Waals surface area contributed by atoms with Gasteiger partial charge in [0.1, 0.15) is 11.7 Å². The minimum atomic E-state index is -1.30. The molecule has 0 radical (unpaired) electrons. The number of anilines is 1. The van der Waals surface area contributed by atoms with Crippen LogP contribution in [0.25, 0.3) is 0 Å². The van der Waals surface area contributed by atoms with Crippen molar-refractivity contribution in [2.75, 3.05) is 4.90 Å². The molecule has 9 heteroatoms. The van der Waals surface area contributed by atoms with Crippen LogP contribution in [-0.2, 0) is 4.79 Å². The van der Waals surface area contributed by atoms with Gasteiger partial charge in [0, 0.05) is 6.04 Å². The summed E-state index contributed by atoms with van der Waals surface area (Å²) in [5.74, 6) is -1.08. The number of aliphatic carboxylic acids is 1. The molecule has 0 spiro atoms. The first-order chi connectivity index (χ1) is 10.3. The van der Waals surface area contributed by atoms with Crippen LogP contribution in [0, 0.1) is 10.1 Å². The number of nitrogens with zero attached hydrogens (tertiary/aromatic N) is 4. The Balaban J connectivity index is 2.62. The Hall–Kier alpha value is -1.96. The fourth-order valence-corrected chi connectivity index (χ4v) is 2.66. The summed E-state index contributed by atoms with van der Waals surface area (Å²) in [4.78, 5) is 31.6. The monoisotopic (exact) mass is 328 g/mol. The molecule has 1 aliphatic rings. The number of aromatic nitrogens is 2. The average Bonchev–Trinajstić information content (AvgIpc) is 2.41. The molecule has 8 nitrogen and oxygen atoms in total.